The third-order valence-corrected chi connectivity index (χ3v) is 5.58. The Kier molecular flexibility index (Phi) is 5.56. The lowest BCUT2D eigenvalue weighted by molar-refractivity contribution is -0.123. The first-order valence-corrected chi connectivity index (χ1v) is 9.15. The van der Waals surface area contributed by atoms with Crippen LogP contribution in [0.2, 0.25) is 0 Å². The Morgan fingerprint density at radius 3 is 2.36 bits per heavy atom. The average Bonchev–Trinajstić information content (AvgIpc) is 3.14. The Bertz CT molecular complexity index is 623. The van der Waals surface area contributed by atoms with Crippen molar-refractivity contribution in [1.82, 2.24) is 10.2 Å². The van der Waals surface area contributed by atoms with Crippen LogP contribution < -0.4 is 11.1 Å². The molecule has 25 heavy (non-hydrogen) atoms. The number of hydrogen-bond donors (Lipinski definition) is 2. The summed E-state index contributed by atoms with van der Waals surface area (Å²) in [7, 11) is 0. The highest BCUT2D eigenvalue weighted by Gasteiger charge is 2.32. The lowest BCUT2D eigenvalue weighted by Gasteiger charge is -2.33. The van der Waals surface area contributed by atoms with E-state index in [1.165, 1.54) is 6.07 Å². The summed E-state index contributed by atoms with van der Waals surface area (Å²) in [5.74, 6) is -0.451. The number of nitrogens with zero attached hydrogens (tertiary/aromatic N) is 1. The molecule has 1 aliphatic heterocycles. The van der Waals surface area contributed by atoms with E-state index in [1.807, 2.05) is 6.07 Å². The van der Waals surface area contributed by atoms with Crippen molar-refractivity contribution in [3.8, 4) is 0 Å². The lowest BCUT2D eigenvalue weighted by Crippen LogP contribution is -2.48. The van der Waals surface area contributed by atoms with Gasteiger partial charge in [0.05, 0.1) is 6.04 Å². The van der Waals surface area contributed by atoms with Crippen molar-refractivity contribution in [2.75, 3.05) is 13.1 Å². The van der Waals surface area contributed by atoms with E-state index in [0.29, 0.717) is 31.5 Å². The molecule has 0 bridgehead atoms. The van der Waals surface area contributed by atoms with Gasteiger partial charge in [0.25, 0.3) is 0 Å². The Hall–Kier alpha value is -2.11. The van der Waals surface area contributed by atoms with Crippen LogP contribution in [0.25, 0.3) is 0 Å². The topological polar surface area (TPSA) is 75.4 Å². The Morgan fingerprint density at radius 1 is 1.12 bits per heavy atom. The zero-order valence-electron chi connectivity index (χ0n) is 14.4. The van der Waals surface area contributed by atoms with E-state index in [-0.39, 0.29) is 35.6 Å². The summed E-state index contributed by atoms with van der Waals surface area (Å²) >= 11 is 0. The third kappa shape index (κ3) is 4.11. The Balaban J connectivity index is 1.69. The maximum Gasteiger partial charge on any atom is 0.317 e. The number of rotatable bonds is 4. The standard InChI is InChI=1S/C19H26FN3O2/c20-16-8-4-3-7-15(16)17(13-5-1-2-6-13)22-19(25)23-11-9-14(10-12-23)18(21)24/h3-4,7-8,13-14,17H,1-2,5-6,9-12H2,(H2,21,24)(H,22,25)/t17-/m0/s1. The summed E-state index contributed by atoms with van der Waals surface area (Å²) in [5.41, 5.74) is 5.91. The molecular weight excluding hydrogens is 321 g/mol. The summed E-state index contributed by atoms with van der Waals surface area (Å²) in [6.07, 6.45) is 5.43. The predicted octanol–water partition coefficient (Wildman–Crippen LogP) is 2.96. The van der Waals surface area contributed by atoms with Crippen LogP contribution in [0.5, 0.6) is 0 Å². The van der Waals surface area contributed by atoms with Crippen LogP contribution in [0.15, 0.2) is 24.3 Å². The number of halogens is 1. The van der Waals surface area contributed by atoms with E-state index in [2.05, 4.69) is 5.32 Å². The average molecular weight is 347 g/mol. The lowest BCUT2D eigenvalue weighted by atomic mass is 9.91. The molecule has 1 saturated heterocycles. The number of nitrogens with one attached hydrogen (secondary N) is 1. The van der Waals surface area contributed by atoms with Gasteiger partial charge in [0.15, 0.2) is 0 Å². The SMILES string of the molecule is NC(=O)C1CCN(C(=O)N[C@H](c2ccccc2F)C2CCCC2)CC1. The van der Waals surface area contributed by atoms with Gasteiger partial charge < -0.3 is 16.0 Å². The maximum absolute atomic E-state index is 14.3. The fourth-order valence-corrected chi connectivity index (χ4v) is 4.06. The number of primary amides is 1. The van der Waals surface area contributed by atoms with Crippen LogP contribution in [0, 0.1) is 17.7 Å². The summed E-state index contributed by atoms with van der Waals surface area (Å²) in [6.45, 7) is 1.02. The van der Waals surface area contributed by atoms with Crippen LogP contribution in [-0.2, 0) is 4.79 Å². The summed E-state index contributed by atoms with van der Waals surface area (Å²) in [6, 6.07) is 6.21. The van der Waals surface area contributed by atoms with Gasteiger partial charge in [0, 0.05) is 24.6 Å². The number of amides is 3. The van der Waals surface area contributed by atoms with Gasteiger partial charge >= 0.3 is 6.03 Å². The first-order chi connectivity index (χ1) is 12.1. The summed E-state index contributed by atoms with van der Waals surface area (Å²) in [5, 5.41) is 3.06. The van der Waals surface area contributed by atoms with Crippen LogP contribution in [-0.4, -0.2) is 29.9 Å². The number of likely N-dealkylation sites (tertiary alicyclic amines) is 1. The second-order valence-electron chi connectivity index (χ2n) is 7.16. The highest BCUT2D eigenvalue weighted by Crippen LogP contribution is 2.36. The molecule has 3 amide bonds. The van der Waals surface area contributed by atoms with Crippen molar-refractivity contribution in [1.29, 1.82) is 0 Å². The monoisotopic (exact) mass is 347 g/mol. The van der Waals surface area contributed by atoms with Gasteiger partial charge in [-0.15, -0.1) is 0 Å². The molecule has 0 unspecified atom stereocenters. The normalized spacial score (nSPS) is 20.4. The molecule has 0 spiro atoms. The van der Waals surface area contributed by atoms with E-state index >= 15 is 0 Å². The number of carbonyl (C=O) groups is 2. The largest absolute Gasteiger partial charge is 0.369 e. The van der Waals surface area contributed by atoms with Gasteiger partial charge in [0.2, 0.25) is 5.91 Å². The minimum absolute atomic E-state index is 0.152. The Labute approximate surface area is 147 Å². The molecule has 3 N–H and O–H groups in total. The van der Waals surface area contributed by atoms with Gasteiger partial charge in [-0.2, -0.15) is 0 Å². The smallest absolute Gasteiger partial charge is 0.317 e. The molecule has 3 rings (SSSR count). The fraction of sp³-hybridized carbons (Fsp3) is 0.579. The van der Waals surface area contributed by atoms with Gasteiger partial charge in [0.1, 0.15) is 5.82 Å². The number of hydrogen-bond acceptors (Lipinski definition) is 2. The molecular formula is C19H26FN3O2. The second-order valence-corrected chi connectivity index (χ2v) is 7.16. The molecule has 0 radical (unpaired) electrons. The summed E-state index contributed by atoms with van der Waals surface area (Å²) < 4.78 is 14.3. The zero-order valence-corrected chi connectivity index (χ0v) is 14.4. The van der Waals surface area contributed by atoms with Crippen molar-refractivity contribution in [2.24, 2.45) is 17.6 Å². The van der Waals surface area contributed by atoms with Crippen LogP contribution in [0.4, 0.5) is 9.18 Å². The second kappa shape index (κ2) is 7.85. The van der Waals surface area contributed by atoms with Gasteiger partial charge in [-0.3, -0.25) is 4.79 Å². The van der Waals surface area contributed by atoms with Crippen LogP contribution >= 0.6 is 0 Å². The fourth-order valence-electron chi connectivity index (χ4n) is 4.06. The number of carbonyl (C=O) groups excluding carboxylic acids is 2. The van der Waals surface area contributed by atoms with Crippen molar-refractivity contribution < 1.29 is 14.0 Å². The molecule has 1 aliphatic carbocycles. The van der Waals surface area contributed by atoms with E-state index in [4.69, 9.17) is 5.73 Å². The number of nitrogens with two attached hydrogens (primary N) is 1. The first kappa shape index (κ1) is 17.7. The minimum Gasteiger partial charge on any atom is -0.369 e. The van der Waals surface area contributed by atoms with Crippen molar-refractivity contribution in [3.05, 3.63) is 35.6 Å². The first-order valence-electron chi connectivity index (χ1n) is 9.15. The minimum atomic E-state index is -0.301. The summed E-state index contributed by atoms with van der Waals surface area (Å²) in [4.78, 5) is 25.7. The Morgan fingerprint density at radius 2 is 1.76 bits per heavy atom. The molecule has 1 atom stereocenters. The molecule has 1 saturated carbocycles. The van der Waals surface area contributed by atoms with Crippen LogP contribution in [0.3, 0.4) is 0 Å². The molecule has 6 heteroatoms. The third-order valence-electron chi connectivity index (χ3n) is 5.58. The van der Waals surface area contributed by atoms with E-state index in [9.17, 15) is 14.0 Å². The van der Waals surface area contributed by atoms with Crippen LogP contribution in [0.1, 0.15) is 50.1 Å². The quantitative estimate of drug-likeness (QED) is 0.878. The van der Waals surface area contributed by atoms with Gasteiger partial charge in [-0.05, 0) is 37.7 Å². The maximum atomic E-state index is 14.3. The number of urea groups is 1. The predicted molar refractivity (Wildman–Crippen MR) is 93.1 cm³/mol. The highest BCUT2D eigenvalue weighted by molar-refractivity contribution is 5.78. The van der Waals surface area contributed by atoms with Gasteiger partial charge in [-0.1, -0.05) is 31.0 Å². The molecule has 136 valence electrons. The van der Waals surface area contributed by atoms with E-state index in [0.717, 1.165) is 25.7 Å². The molecule has 0 aromatic heterocycles. The molecule has 5 nitrogen and oxygen atoms in total. The van der Waals surface area contributed by atoms with E-state index in [1.54, 1.807) is 17.0 Å². The molecule has 2 aliphatic rings. The molecule has 1 aromatic rings. The molecule has 1 aromatic carbocycles. The van der Waals surface area contributed by atoms with E-state index < -0.39 is 0 Å². The number of benzene rings is 1. The van der Waals surface area contributed by atoms with Gasteiger partial charge in [-0.25, -0.2) is 9.18 Å². The molecule has 2 fully saturated rings. The zero-order chi connectivity index (χ0) is 17.8. The van der Waals surface area contributed by atoms with Crippen molar-refractivity contribution in [3.63, 3.8) is 0 Å². The van der Waals surface area contributed by atoms with Crippen molar-refractivity contribution in [2.45, 2.75) is 44.6 Å². The molecule has 1 heterocycles. The number of piperidine rings is 1. The highest BCUT2D eigenvalue weighted by atomic mass is 19.1. The van der Waals surface area contributed by atoms with Crippen molar-refractivity contribution >= 4 is 11.9 Å².